The maximum atomic E-state index is 12.8. The lowest BCUT2D eigenvalue weighted by Gasteiger charge is -2.36. The normalized spacial score (nSPS) is 18.5. The van der Waals surface area contributed by atoms with E-state index >= 15 is 0 Å². The number of nitrogens with zero attached hydrogens (tertiary/aromatic N) is 1. The van der Waals surface area contributed by atoms with Crippen LogP contribution in [0.1, 0.15) is 69.4 Å². The largest absolute Gasteiger partial charge is 0.471 e. The average molecular weight is 438 g/mol. The molecule has 0 bridgehead atoms. The zero-order valence-electron chi connectivity index (χ0n) is 18.0. The highest BCUT2D eigenvalue weighted by Crippen LogP contribution is 2.37. The number of allylic oxidation sites excluding steroid dienone is 2. The van der Waals surface area contributed by atoms with Crippen molar-refractivity contribution in [1.82, 2.24) is 4.90 Å². The second kappa shape index (κ2) is 9.02. The number of carbonyl (C=O) groups is 2. The molecule has 170 valence electrons. The molecule has 1 aliphatic carbocycles. The molecule has 0 spiro atoms. The molecule has 0 radical (unpaired) electrons. The van der Waals surface area contributed by atoms with Crippen LogP contribution in [0, 0.1) is 0 Å². The Morgan fingerprint density at radius 1 is 1.13 bits per heavy atom. The van der Waals surface area contributed by atoms with Crippen LogP contribution in [-0.4, -0.2) is 41.5 Å². The summed E-state index contributed by atoms with van der Waals surface area (Å²) in [5.74, 6) is -1.85. The first-order valence-corrected chi connectivity index (χ1v) is 10.8. The van der Waals surface area contributed by atoms with Crippen LogP contribution in [0.15, 0.2) is 24.3 Å². The molecule has 0 unspecified atom stereocenters. The van der Waals surface area contributed by atoms with E-state index in [1.54, 1.807) is 30.9 Å². The first-order valence-electron chi connectivity index (χ1n) is 10.8. The Bertz CT molecular complexity index is 864. The maximum Gasteiger partial charge on any atom is 0.471 e. The molecule has 0 atom stereocenters. The first kappa shape index (κ1) is 23.3. The number of nitrogens with two attached hydrogens (primary N) is 1. The minimum Gasteiger partial charge on any atom is -0.341 e. The van der Waals surface area contributed by atoms with Gasteiger partial charge in [-0.15, -0.1) is 0 Å². The topological polar surface area (TPSA) is 75.4 Å². The van der Waals surface area contributed by atoms with E-state index < -0.39 is 17.6 Å². The Balaban J connectivity index is 1.82. The summed E-state index contributed by atoms with van der Waals surface area (Å²) in [4.78, 5) is 25.7. The molecule has 1 aliphatic heterocycles. The summed E-state index contributed by atoms with van der Waals surface area (Å²) in [5.41, 5.74) is 7.87. The van der Waals surface area contributed by atoms with E-state index in [1.807, 2.05) is 11.4 Å². The zero-order chi connectivity index (χ0) is 22.8. The highest BCUT2D eigenvalue weighted by atomic mass is 19.4. The molecule has 1 aromatic rings. The smallest absolute Gasteiger partial charge is 0.341 e. The standard InChI is InChI=1S/C23H30F3N3O2/c1-22(2,27)21(31)29-12-10-15(11-13-29)17-8-9-19(28-20(30)23(24,25)26)18(14-17)16-6-4-3-5-7-16/h6,8-9,14-15H,3-5,7,10-13,27H2,1-2H3,(H,28,30). The number of benzene rings is 1. The number of halogens is 3. The van der Waals surface area contributed by atoms with Crippen LogP contribution in [0.4, 0.5) is 18.9 Å². The van der Waals surface area contributed by atoms with Crippen LogP contribution < -0.4 is 11.1 Å². The van der Waals surface area contributed by atoms with Crippen LogP contribution in [-0.2, 0) is 9.59 Å². The third kappa shape index (κ3) is 5.67. The number of rotatable bonds is 4. The molecule has 2 aliphatic rings. The summed E-state index contributed by atoms with van der Waals surface area (Å²) >= 11 is 0. The second-order valence-electron chi connectivity index (χ2n) is 9.02. The van der Waals surface area contributed by atoms with Crippen molar-refractivity contribution in [2.75, 3.05) is 18.4 Å². The van der Waals surface area contributed by atoms with Crippen LogP contribution >= 0.6 is 0 Å². The quantitative estimate of drug-likeness (QED) is 0.724. The van der Waals surface area contributed by atoms with Crippen LogP contribution in [0.3, 0.4) is 0 Å². The van der Waals surface area contributed by atoms with Gasteiger partial charge in [0.1, 0.15) is 0 Å². The van der Waals surface area contributed by atoms with Gasteiger partial charge in [-0.3, -0.25) is 9.59 Å². The molecule has 1 heterocycles. The van der Waals surface area contributed by atoms with E-state index in [1.165, 1.54) is 0 Å². The SMILES string of the molecule is CC(C)(N)C(=O)N1CCC(c2ccc(NC(=O)C(F)(F)F)c(C3=CCCCC3)c2)CC1. The van der Waals surface area contributed by atoms with Gasteiger partial charge in [-0.1, -0.05) is 12.1 Å². The number of amides is 2. The van der Waals surface area contributed by atoms with Gasteiger partial charge < -0.3 is 16.0 Å². The Morgan fingerprint density at radius 3 is 2.35 bits per heavy atom. The van der Waals surface area contributed by atoms with Gasteiger partial charge in [0.25, 0.3) is 0 Å². The van der Waals surface area contributed by atoms with Crippen LogP contribution in [0.25, 0.3) is 5.57 Å². The summed E-state index contributed by atoms with van der Waals surface area (Å²) in [6.07, 6.45) is 2.31. The fourth-order valence-corrected chi connectivity index (χ4v) is 4.29. The molecule has 5 nitrogen and oxygen atoms in total. The van der Waals surface area contributed by atoms with E-state index in [2.05, 4.69) is 6.08 Å². The van der Waals surface area contributed by atoms with Crippen molar-refractivity contribution in [1.29, 1.82) is 0 Å². The second-order valence-corrected chi connectivity index (χ2v) is 9.02. The Hall–Kier alpha value is -2.35. The van der Waals surface area contributed by atoms with E-state index in [-0.39, 0.29) is 17.5 Å². The van der Waals surface area contributed by atoms with Crippen molar-refractivity contribution >= 4 is 23.1 Å². The van der Waals surface area contributed by atoms with Gasteiger partial charge in [-0.2, -0.15) is 13.2 Å². The summed E-state index contributed by atoms with van der Waals surface area (Å²) in [7, 11) is 0. The number of anilines is 1. The van der Waals surface area contributed by atoms with Gasteiger partial charge in [0.2, 0.25) is 5.91 Å². The lowest BCUT2D eigenvalue weighted by atomic mass is 9.85. The van der Waals surface area contributed by atoms with E-state index in [4.69, 9.17) is 5.73 Å². The number of alkyl halides is 3. The highest BCUT2D eigenvalue weighted by molar-refractivity contribution is 5.97. The molecule has 8 heteroatoms. The Morgan fingerprint density at radius 2 is 1.81 bits per heavy atom. The van der Waals surface area contributed by atoms with Crippen molar-refractivity contribution in [3.05, 3.63) is 35.4 Å². The van der Waals surface area contributed by atoms with Crippen molar-refractivity contribution in [3.63, 3.8) is 0 Å². The minimum atomic E-state index is -4.94. The number of likely N-dealkylation sites (tertiary alicyclic amines) is 1. The Kier molecular flexibility index (Phi) is 6.79. The fraction of sp³-hybridized carbons (Fsp3) is 0.565. The molecule has 2 amide bonds. The number of nitrogens with one attached hydrogen (secondary N) is 1. The van der Waals surface area contributed by atoms with Gasteiger partial charge in [0, 0.05) is 24.3 Å². The maximum absolute atomic E-state index is 12.8. The summed E-state index contributed by atoms with van der Waals surface area (Å²) in [6, 6.07) is 5.27. The molecule has 3 rings (SSSR count). The molecule has 31 heavy (non-hydrogen) atoms. The first-order chi connectivity index (χ1) is 14.5. The predicted molar refractivity (Wildman–Crippen MR) is 114 cm³/mol. The van der Waals surface area contributed by atoms with E-state index in [9.17, 15) is 22.8 Å². The zero-order valence-corrected chi connectivity index (χ0v) is 18.0. The summed E-state index contributed by atoms with van der Waals surface area (Å²) in [6.45, 7) is 4.57. The lowest BCUT2D eigenvalue weighted by Crippen LogP contribution is -2.53. The van der Waals surface area contributed by atoms with E-state index in [0.717, 1.165) is 49.7 Å². The monoisotopic (exact) mass is 437 g/mol. The predicted octanol–water partition coefficient (Wildman–Crippen LogP) is 4.59. The third-order valence-corrected chi connectivity index (χ3v) is 5.99. The van der Waals surface area contributed by atoms with Crippen LogP contribution in [0.2, 0.25) is 0 Å². The molecule has 0 saturated carbocycles. The summed E-state index contributed by atoms with van der Waals surface area (Å²) in [5, 5.41) is 2.04. The number of piperidine rings is 1. The lowest BCUT2D eigenvalue weighted by molar-refractivity contribution is -0.167. The molecule has 1 aromatic carbocycles. The van der Waals surface area contributed by atoms with Crippen molar-refractivity contribution < 1.29 is 22.8 Å². The van der Waals surface area contributed by atoms with Crippen molar-refractivity contribution in [3.8, 4) is 0 Å². The van der Waals surface area contributed by atoms with Crippen LogP contribution in [0.5, 0.6) is 0 Å². The molecule has 1 fully saturated rings. The molecular formula is C23H30F3N3O2. The van der Waals surface area contributed by atoms with Crippen molar-refractivity contribution in [2.24, 2.45) is 5.73 Å². The van der Waals surface area contributed by atoms with Gasteiger partial charge in [0.15, 0.2) is 0 Å². The Labute approximate surface area is 180 Å². The molecule has 0 aromatic heterocycles. The third-order valence-electron chi connectivity index (χ3n) is 5.99. The molecular weight excluding hydrogens is 407 g/mol. The van der Waals surface area contributed by atoms with Gasteiger partial charge >= 0.3 is 12.1 Å². The van der Waals surface area contributed by atoms with Gasteiger partial charge in [0.05, 0.1) is 5.54 Å². The van der Waals surface area contributed by atoms with Gasteiger partial charge in [-0.05, 0) is 81.6 Å². The summed E-state index contributed by atoms with van der Waals surface area (Å²) < 4.78 is 38.4. The fourth-order valence-electron chi connectivity index (χ4n) is 4.29. The van der Waals surface area contributed by atoms with E-state index in [0.29, 0.717) is 18.7 Å². The van der Waals surface area contributed by atoms with Crippen molar-refractivity contribution in [2.45, 2.75) is 70.0 Å². The number of hydrogen-bond donors (Lipinski definition) is 2. The highest BCUT2D eigenvalue weighted by Gasteiger charge is 2.39. The average Bonchev–Trinajstić information content (AvgIpc) is 2.73. The molecule has 1 saturated heterocycles. The molecule has 3 N–H and O–H groups in total. The van der Waals surface area contributed by atoms with Gasteiger partial charge in [-0.25, -0.2) is 0 Å². The number of hydrogen-bond acceptors (Lipinski definition) is 3. The number of carbonyl (C=O) groups excluding carboxylic acids is 2. The minimum absolute atomic E-state index is 0.0794.